The predicted octanol–water partition coefficient (Wildman–Crippen LogP) is 2.76. The third kappa shape index (κ3) is 4.57. The maximum atomic E-state index is 10.7. The van der Waals surface area contributed by atoms with Crippen molar-refractivity contribution in [3.63, 3.8) is 0 Å². The van der Waals surface area contributed by atoms with E-state index in [1.54, 1.807) is 26.4 Å². The van der Waals surface area contributed by atoms with Gasteiger partial charge in [-0.15, -0.1) is 0 Å². The second-order valence-corrected chi connectivity index (χ2v) is 6.76. The normalized spacial score (nSPS) is 15.0. The first-order chi connectivity index (χ1) is 13.7. The summed E-state index contributed by atoms with van der Waals surface area (Å²) in [4.78, 5) is 6.94. The van der Waals surface area contributed by atoms with E-state index < -0.39 is 6.10 Å². The zero-order valence-electron chi connectivity index (χ0n) is 16.8. The summed E-state index contributed by atoms with van der Waals surface area (Å²) in [7, 11) is 3.20. The van der Waals surface area contributed by atoms with E-state index in [9.17, 15) is 5.11 Å². The Morgan fingerprint density at radius 2 is 1.96 bits per heavy atom. The molecule has 1 unspecified atom stereocenters. The number of aliphatic hydroxyl groups is 1. The van der Waals surface area contributed by atoms with Gasteiger partial charge in [-0.25, -0.2) is 0 Å². The Balaban J connectivity index is 1.76. The third-order valence-electron chi connectivity index (χ3n) is 4.97. The number of aliphatic hydroxyl groups excluding tert-OH is 1. The zero-order chi connectivity index (χ0) is 19.9. The summed E-state index contributed by atoms with van der Waals surface area (Å²) in [5.41, 5.74) is 3.40. The summed E-state index contributed by atoms with van der Waals surface area (Å²) >= 11 is 0. The fourth-order valence-electron chi connectivity index (χ4n) is 3.47. The molecule has 2 aromatic carbocycles. The molecule has 0 bridgehead atoms. The Kier molecular flexibility index (Phi) is 6.76. The van der Waals surface area contributed by atoms with E-state index in [4.69, 9.17) is 14.5 Å². The van der Waals surface area contributed by atoms with E-state index in [2.05, 4.69) is 41.4 Å². The minimum atomic E-state index is -0.782. The number of hydrogen-bond acceptors (Lipinski definition) is 4. The van der Waals surface area contributed by atoms with Gasteiger partial charge in [-0.1, -0.05) is 24.3 Å². The maximum absolute atomic E-state index is 10.7. The predicted molar refractivity (Wildman–Crippen MR) is 111 cm³/mol. The fraction of sp³-hybridized carbons (Fsp3) is 0.409. The van der Waals surface area contributed by atoms with Crippen molar-refractivity contribution in [3.05, 3.63) is 59.2 Å². The molecule has 0 saturated carbocycles. The smallest absolute Gasteiger partial charge is 0.194 e. The summed E-state index contributed by atoms with van der Waals surface area (Å²) in [6.45, 7) is 4.79. The van der Waals surface area contributed by atoms with Crippen LogP contribution in [0.4, 0.5) is 0 Å². The lowest BCUT2D eigenvalue weighted by atomic mass is 10.0. The lowest BCUT2D eigenvalue weighted by Crippen LogP contribution is -2.44. The molecule has 0 spiro atoms. The van der Waals surface area contributed by atoms with Crippen molar-refractivity contribution >= 4 is 5.96 Å². The van der Waals surface area contributed by atoms with E-state index in [1.807, 2.05) is 6.07 Å². The first-order valence-electron chi connectivity index (χ1n) is 9.66. The number of guanidine groups is 1. The molecule has 0 amide bonds. The monoisotopic (exact) mass is 383 g/mol. The summed E-state index contributed by atoms with van der Waals surface area (Å²) in [5, 5.41) is 14.1. The first-order valence-corrected chi connectivity index (χ1v) is 9.66. The van der Waals surface area contributed by atoms with Crippen LogP contribution in [0.2, 0.25) is 0 Å². The summed E-state index contributed by atoms with van der Waals surface area (Å²) in [6, 6.07) is 13.9. The second-order valence-electron chi connectivity index (χ2n) is 6.76. The van der Waals surface area contributed by atoms with Gasteiger partial charge in [0.2, 0.25) is 0 Å². The molecule has 0 fully saturated rings. The van der Waals surface area contributed by atoms with Crippen molar-refractivity contribution in [1.29, 1.82) is 0 Å². The quantitative estimate of drug-likeness (QED) is 0.593. The van der Waals surface area contributed by atoms with Gasteiger partial charge < -0.3 is 24.8 Å². The second kappa shape index (κ2) is 9.46. The molecule has 0 radical (unpaired) electrons. The van der Waals surface area contributed by atoms with E-state index in [0.29, 0.717) is 17.1 Å². The van der Waals surface area contributed by atoms with Crippen LogP contribution in [-0.4, -0.2) is 49.8 Å². The fourth-order valence-corrected chi connectivity index (χ4v) is 3.47. The molecule has 0 aliphatic carbocycles. The lowest BCUT2D eigenvalue weighted by molar-refractivity contribution is 0.181. The van der Waals surface area contributed by atoms with Gasteiger partial charge in [0, 0.05) is 25.2 Å². The Morgan fingerprint density at radius 1 is 1.18 bits per heavy atom. The Hall–Kier alpha value is -2.73. The number of nitrogens with one attached hydrogen (secondary N) is 1. The van der Waals surface area contributed by atoms with Gasteiger partial charge in [0.25, 0.3) is 0 Å². The van der Waals surface area contributed by atoms with Gasteiger partial charge in [0.15, 0.2) is 5.96 Å². The van der Waals surface area contributed by atoms with Crippen molar-refractivity contribution < 1.29 is 14.6 Å². The number of hydrogen-bond donors (Lipinski definition) is 2. The van der Waals surface area contributed by atoms with Gasteiger partial charge in [-0.2, -0.15) is 0 Å². The molecule has 0 aromatic heterocycles. The largest absolute Gasteiger partial charge is 0.497 e. The van der Waals surface area contributed by atoms with Crippen LogP contribution >= 0.6 is 0 Å². The molecule has 150 valence electrons. The number of aliphatic imine (C=N–C) groups is 1. The molecule has 0 saturated heterocycles. The number of ether oxygens (including phenoxy) is 2. The number of fused-ring (bicyclic) bond motifs is 1. The maximum Gasteiger partial charge on any atom is 0.194 e. The number of methoxy groups -OCH3 is 2. The van der Waals surface area contributed by atoms with E-state index in [-0.39, 0.29) is 6.54 Å². The van der Waals surface area contributed by atoms with Gasteiger partial charge >= 0.3 is 0 Å². The molecule has 1 heterocycles. The standard InChI is InChI=1S/C22H29N3O3/c1-4-23-22(25-12-11-16-7-5-6-8-17(16)15-25)24-14-20(26)19-13-18(27-2)9-10-21(19)28-3/h5-10,13,20,26H,4,11-12,14-15H2,1-3H3,(H,23,24). The molecule has 1 aliphatic rings. The lowest BCUT2D eigenvalue weighted by Gasteiger charge is -2.32. The molecule has 1 atom stereocenters. The summed E-state index contributed by atoms with van der Waals surface area (Å²) in [6.07, 6.45) is 0.211. The van der Waals surface area contributed by atoms with Crippen LogP contribution in [0.3, 0.4) is 0 Å². The Labute approximate surface area is 166 Å². The summed E-state index contributed by atoms with van der Waals surface area (Å²) in [5.74, 6) is 2.12. The molecular weight excluding hydrogens is 354 g/mol. The van der Waals surface area contributed by atoms with Crippen molar-refractivity contribution in [2.45, 2.75) is 26.0 Å². The van der Waals surface area contributed by atoms with Crippen LogP contribution in [-0.2, 0) is 13.0 Å². The molecule has 2 N–H and O–H groups in total. The average Bonchev–Trinajstić information content (AvgIpc) is 2.75. The van der Waals surface area contributed by atoms with Crippen molar-refractivity contribution in [2.75, 3.05) is 33.9 Å². The average molecular weight is 383 g/mol. The number of nitrogens with zero attached hydrogens (tertiary/aromatic N) is 2. The van der Waals surface area contributed by atoms with E-state index in [1.165, 1.54) is 11.1 Å². The van der Waals surface area contributed by atoms with E-state index >= 15 is 0 Å². The minimum absolute atomic E-state index is 0.240. The highest BCUT2D eigenvalue weighted by Gasteiger charge is 2.20. The topological polar surface area (TPSA) is 66.3 Å². The van der Waals surface area contributed by atoms with Crippen LogP contribution in [0, 0.1) is 0 Å². The molecule has 6 heteroatoms. The molecular formula is C22H29N3O3. The molecule has 28 heavy (non-hydrogen) atoms. The third-order valence-corrected chi connectivity index (χ3v) is 4.97. The van der Waals surface area contributed by atoms with Crippen LogP contribution < -0.4 is 14.8 Å². The van der Waals surface area contributed by atoms with Crippen molar-refractivity contribution in [1.82, 2.24) is 10.2 Å². The number of benzene rings is 2. The van der Waals surface area contributed by atoms with Gasteiger partial charge in [-0.05, 0) is 42.7 Å². The first kappa shape index (κ1) is 20.0. The molecule has 6 nitrogen and oxygen atoms in total. The van der Waals surface area contributed by atoms with Crippen LogP contribution in [0.15, 0.2) is 47.5 Å². The Bertz CT molecular complexity index is 822. The highest BCUT2D eigenvalue weighted by atomic mass is 16.5. The van der Waals surface area contributed by atoms with Crippen molar-refractivity contribution in [2.24, 2.45) is 4.99 Å². The zero-order valence-corrected chi connectivity index (χ0v) is 16.8. The minimum Gasteiger partial charge on any atom is -0.497 e. The van der Waals surface area contributed by atoms with Gasteiger partial charge in [0.05, 0.1) is 20.8 Å². The number of rotatable bonds is 6. The van der Waals surface area contributed by atoms with Gasteiger partial charge in [-0.3, -0.25) is 4.99 Å². The van der Waals surface area contributed by atoms with Crippen LogP contribution in [0.25, 0.3) is 0 Å². The highest BCUT2D eigenvalue weighted by molar-refractivity contribution is 5.80. The molecule has 2 aromatic rings. The highest BCUT2D eigenvalue weighted by Crippen LogP contribution is 2.29. The van der Waals surface area contributed by atoms with Crippen LogP contribution in [0.5, 0.6) is 11.5 Å². The molecule has 3 rings (SSSR count). The SMILES string of the molecule is CCNC(=NCC(O)c1cc(OC)ccc1OC)N1CCc2ccccc2C1. The summed E-state index contributed by atoms with van der Waals surface area (Å²) < 4.78 is 10.7. The Morgan fingerprint density at radius 3 is 2.68 bits per heavy atom. The van der Waals surface area contributed by atoms with Crippen molar-refractivity contribution in [3.8, 4) is 11.5 Å². The van der Waals surface area contributed by atoms with E-state index in [0.717, 1.165) is 32.0 Å². The molecule has 1 aliphatic heterocycles. The van der Waals surface area contributed by atoms with Crippen LogP contribution in [0.1, 0.15) is 29.7 Å². The van der Waals surface area contributed by atoms with Gasteiger partial charge in [0.1, 0.15) is 17.6 Å².